The van der Waals surface area contributed by atoms with Gasteiger partial charge < -0.3 is 0 Å². The molecule has 1 amide bonds. The van der Waals surface area contributed by atoms with Crippen molar-refractivity contribution in [1.29, 1.82) is 0 Å². The number of halogens is 2. The minimum atomic E-state index is -0.269. The number of Topliss-reactive ketones (excluding diaryl/α,β-unsaturated/α-hetero) is 1. The van der Waals surface area contributed by atoms with Crippen LogP contribution in [0.5, 0.6) is 0 Å². The van der Waals surface area contributed by atoms with Gasteiger partial charge in [-0.1, -0.05) is 29.8 Å². The van der Waals surface area contributed by atoms with Crippen molar-refractivity contribution in [3.05, 3.63) is 93.8 Å². The number of allylic oxidation sites excluding steroid dienone is 2. The zero-order chi connectivity index (χ0) is 18.7. The average molecular weight is 385 g/mol. The summed E-state index contributed by atoms with van der Waals surface area (Å²) in [5, 5.41) is 1.12. The maximum absolute atomic E-state index is 12.5. The fourth-order valence-electron chi connectivity index (χ4n) is 2.42. The monoisotopic (exact) mass is 384 g/mol. The molecule has 0 aliphatic carbocycles. The Kier molecular flexibility index (Phi) is 5.35. The van der Waals surface area contributed by atoms with Gasteiger partial charge in [0, 0.05) is 26.9 Å². The Hall–Kier alpha value is -2.69. The third-order valence-electron chi connectivity index (χ3n) is 3.80. The molecule has 2 aromatic rings. The summed E-state index contributed by atoms with van der Waals surface area (Å²) in [6.07, 6.45) is 3.12. The van der Waals surface area contributed by atoms with E-state index in [0.717, 1.165) is 0 Å². The predicted molar refractivity (Wildman–Crippen MR) is 104 cm³/mol. The van der Waals surface area contributed by atoms with E-state index in [2.05, 4.69) is 11.6 Å². The van der Waals surface area contributed by atoms with Gasteiger partial charge in [-0.05, 0) is 54.6 Å². The predicted octanol–water partition coefficient (Wildman–Crippen LogP) is 5.15. The van der Waals surface area contributed by atoms with Crippen LogP contribution in [0.1, 0.15) is 27.1 Å². The van der Waals surface area contributed by atoms with Crippen molar-refractivity contribution in [3.8, 4) is 0 Å². The van der Waals surface area contributed by atoms with Crippen LogP contribution in [0.25, 0.3) is 0 Å². The van der Waals surface area contributed by atoms with Gasteiger partial charge in [-0.2, -0.15) is 0 Å². The molecule has 1 heterocycles. The second-order valence-corrected chi connectivity index (χ2v) is 6.53. The van der Waals surface area contributed by atoms with Gasteiger partial charge in [-0.25, -0.2) is 4.99 Å². The first-order valence-electron chi connectivity index (χ1n) is 7.75. The zero-order valence-electron chi connectivity index (χ0n) is 13.7. The quantitative estimate of drug-likeness (QED) is 0.684. The molecule has 0 bridgehead atoms. The Morgan fingerprint density at radius 3 is 2.00 bits per heavy atom. The van der Waals surface area contributed by atoms with Crippen LogP contribution in [0.15, 0.2) is 77.6 Å². The standard InChI is InChI=1S/C20H14Cl2N2O2/c1-13-10-18(11-19(25)14-2-6-16(21)7-3-14)23-12-24(13)20(26)15-4-8-17(22)9-5-15/h2-10,12H,1,11H2. The number of hydrogen-bond acceptors (Lipinski definition) is 3. The largest absolute Gasteiger partial charge is 0.294 e. The molecule has 2 aromatic carbocycles. The molecule has 130 valence electrons. The van der Waals surface area contributed by atoms with E-state index in [1.807, 2.05) is 0 Å². The van der Waals surface area contributed by atoms with E-state index in [4.69, 9.17) is 23.2 Å². The van der Waals surface area contributed by atoms with Gasteiger partial charge >= 0.3 is 0 Å². The van der Waals surface area contributed by atoms with Gasteiger partial charge in [0.25, 0.3) is 5.91 Å². The van der Waals surface area contributed by atoms with Crippen molar-refractivity contribution in [3.63, 3.8) is 0 Å². The minimum Gasteiger partial charge on any atom is -0.294 e. The molecule has 26 heavy (non-hydrogen) atoms. The Morgan fingerprint density at radius 1 is 0.923 bits per heavy atom. The van der Waals surface area contributed by atoms with Crippen LogP contribution >= 0.6 is 23.2 Å². The van der Waals surface area contributed by atoms with Crippen LogP contribution in [-0.2, 0) is 0 Å². The Morgan fingerprint density at radius 2 is 1.46 bits per heavy atom. The summed E-state index contributed by atoms with van der Waals surface area (Å²) in [5.74, 6) is -0.356. The lowest BCUT2D eigenvalue weighted by atomic mass is 10.1. The fraction of sp³-hybridized carbons (Fsp3) is 0.0500. The number of amides is 1. The second-order valence-electron chi connectivity index (χ2n) is 5.66. The fourth-order valence-corrected chi connectivity index (χ4v) is 2.67. The van der Waals surface area contributed by atoms with Crippen molar-refractivity contribution in [2.75, 3.05) is 0 Å². The molecule has 0 radical (unpaired) electrons. The first-order chi connectivity index (χ1) is 12.4. The first kappa shape index (κ1) is 18.1. The number of rotatable bonds is 4. The number of ketones is 1. The van der Waals surface area contributed by atoms with Crippen LogP contribution < -0.4 is 0 Å². The zero-order valence-corrected chi connectivity index (χ0v) is 15.2. The summed E-state index contributed by atoms with van der Waals surface area (Å²) in [4.78, 5) is 30.4. The molecule has 6 heteroatoms. The van der Waals surface area contributed by atoms with Gasteiger partial charge in [-0.3, -0.25) is 14.5 Å². The van der Waals surface area contributed by atoms with Crippen molar-refractivity contribution < 1.29 is 9.59 Å². The van der Waals surface area contributed by atoms with E-state index in [-0.39, 0.29) is 18.1 Å². The molecule has 0 saturated heterocycles. The Balaban J connectivity index is 1.69. The smallest absolute Gasteiger partial charge is 0.263 e. The van der Waals surface area contributed by atoms with Crippen LogP contribution in [0.4, 0.5) is 0 Å². The molecule has 4 nitrogen and oxygen atoms in total. The highest BCUT2D eigenvalue weighted by Gasteiger charge is 2.20. The van der Waals surface area contributed by atoms with E-state index < -0.39 is 0 Å². The molecule has 0 saturated carbocycles. The number of benzene rings is 2. The van der Waals surface area contributed by atoms with Crippen LogP contribution in [0.3, 0.4) is 0 Å². The minimum absolute atomic E-state index is 0.0876. The number of nitrogens with zero attached hydrogens (tertiary/aromatic N) is 2. The van der Waals surface area contributed by atoms with E-state index in [1.54, 1.807) is 54.6 Å². The normalized spacial score (nSPS) is 13.5. The summed E-state index contributed by atoms with van der Waals surface area (Å²) in [5.41, 5.74) is 2.00. The van der Waals surface area contributed by atoms with Gasteiger partial charge in [-0.15, -0.1) is 0 Å². The van der Waals surface area contributed by atoms with E-state index in [1.165, 1.54) is 11.2 Å². The van der Waals surface area contributed by atoms with E-state index >= 15 is 0 Å². The number of aliphatic imine (C=N–C) groups is 1. The van der Waals surface area contributed by atoms with Gasteiger partial charge in [0.2, 0.25) is 0 Å². The van der Waals surface area contributed by atoms with E-state index in [0.29, 0.717) is 32.6 Å². The van der Waals surface area contributed by atoms with Crippen molar-refractivity contribution in [2.24, 2.45) is 4.99 Å². The number of hydrogen-bond donors (Lipinski definition) is 0. The molecule has 0 atom stereocenters. The molecule has 1 aliphatic heterocycles. The maximum atomic E-state index is 12.5. The molecule has 0 unspecified atom stereocenters. The summed E-state index contributed by atoms with van der Waals surface area (Å²) < 4.78 is 0. The first-order valence-corrected chi connectivity index (χ1v) is 8.51. The highest BCUT2D eigenvalue weighted by atomic mass is 35.5. The second kappa shape index (κ2) is 7.68. The lowest BCUT2D eigenvalue weighted by Crippen LogP contribution is -2.30. The highest BCUT2D eigenvalue weighted by molar-refractivity contribution is 6.31. The Bertz CT molecular complexity index is 929. The molecular formula is C20H14Cl2N2O2. The molecule has 0 N–H and O–H groups in total. The SMILES string of the molecule is C=C1C=C(CC(=O)c2ccc(Cl)cc2)N=CN1C(=O)c1ccc(Cl)cc1. The summed E-state index contributed by atoms with van der Waals surface area (Å²) in [6.45, 7) is 3.88. The van der Waals surface area contributed by atoms with Crippen molar-refractivity contribution in [1.82, 2.24) is 4.90 Å². The lowest BCUT2D eigenvalue weighted by Gasteiger charge is -2.22. The third-order valence-corrected chi connectivity index (χ3v) is 4.30. The molecule has 3 rings (SSSR count). The number of carbonyl (C=O) groups is 2. The van der Waals surface area contributed by atoms with Crippen LogP contribution in [-0.4, -0.2) is 22.9 Å². The van der Waals surface area contributed by atoms with Gasteiger partial charge in [0.15, 0.2) is 5.78 Å². The van der Waals surface area contributed by atoms with Crippen LogP contribution in [0.2, 0.25) is 10.0 Å². The highest BCUT2D eigenvalue weighted by Crippen LogP contribution is 2.21. The topological polar surface area (TPSA) is 49.7 Å². The molecule has 0 fully saturated rings. The summed E-state index contributed by atoms with van der Waals surface area (Å²) in [6, 6.07) is 13.2. The molecular weight excluding hydrogens is 371 g/mol. The van der Waals surface area contributed by atoms with E-state index in [9.17, 15) is 9.59 Å². The molecule has 0 spiro atoms. The third kappa shape index (κ3) is 4.10. The van der Waals surface area contributed by atoms with Crippen LogP contribution in [0, 0.1) is 0 Å². The summed E-state index contributed by atoms with van der Waals surface area (Å²) in [7, 11) is 0. The molecule has 1 aliphatic rings. The number of carbonyl (C=O) groups excluding carboxylic acids is 2. The Labute approximate surface area is 161 Å². The van der Waals surface area contributed by atoms with Crippen molar-refractivity contribution >= 4 is 41.2 Å². The van der Waals surface area contributed by atoms with Crippen molar-refractivity contribution in [2.45, 2.75) is 6.42 Å². The van der Waals surface area contributed by atoms with Gasteiger partial charge in [0.1, 0.15) is 6.34 Å². The summed E-state index contributed by atoms with van der Waals surface area (Å²) >= 11 is 11.7. The lowest BCUT2D eigenvalue weighted by molar-refractivity contribution is 0.0884. The maximum Gasteiger partial charge on any atom is 0.263 e. The molecule has 0 aromatic heterocycles. The average Bonchev–Trinajstić information content (AvgIpc) is 2.62. The van der Waals surface area contributed by atoms with Gasteiger partial charge in [0.05, 0.1) is 12.1 Å².